The second-order valence-corrected chi connectivity index (χ2v) is 8.52. The van der Waals surface area contributed by atoms with Gasteiger partial charge in [-0.1, -0.05) is 66.7 Å². The van der Waals surface area contributed by atoms with Crippen LogP contribution in [0.3, 0.4) is 0 Å². The van der Waals surface area contributed by atoms with Gasteiger partial charge in [-0.3, -0.25) is 4.79 Å². The molecule has 0 radical (unpaired) electrons. The van der Waals surface area contributed by atoms with Gasteiger partial charge in [-0.15, -0.1) is 0 Å². The normalized spacial score (nSPS) is 11.5. The van der Waals surface area contributed by atoms with Crippen molar-refractivity contribution in [3.8, 4) is 11.5 Å². The lowest BCUT2D eigenvalue weighted by Crippen LogP contribution is -2.06. The maximum absolute atomic E-state index is 12.9. The second-order valence-electron chi connectivity index (χ2n) is 7.04. The lowest BCUT2D eigenvalue weighted by Gasteiger charge is -2.14. The molecule has 4 rings (SSSR count). The Hall–Kier alpha value is -3.70. The fourth-order valence-corrected chi connectivity index (χ4v) is 4.40. The number of carbonyl (C=O) groups is 1. The van der Waals surface area contributed by atoms with Gasteiger partial charge < -0.3 is 9.47 Å². The topological polar surface area (TPSA) is 52.6 Å². The molecular weight excluding hydrogens is 420 g/mol. The molecule has 0 fully saturated rings. The largest absolute Gasteiger partial charge is 0.496 e. The Bertz CT molecular complexity index is 1240. The van der Waals surface area contributed by atoms with E-state index < -0.39 is 10.8 Å². The summed E-state index contributed by atoms with van der Waals surface area (Å²) in [4.78, 5) is 14.3. The number of ether oxygens (including phenoxy) is 2. The zero-order chi connectivity index (χ0) is 22.3. The number of hydrogen-bond acceptors (Lipinski definition) is 4. The van der Waals surface area contributed by atoms with Crippen molar-refractivity contribution >= 4 is 16.6 Å². The predicted octanol–water partition coefficient (Wildman–Crippen LogP) is 5.67. The maximum Gasteiger partial charge on any atom is 0.196 e. The highest BCUT2D eigenvalue weighted by molar-refractivity contribution is 7.85. The molecule has 0 spiro atoms. The minimum Gasteiger partial charge on any atom is -0.496 e. The summed E-state index contributed by atoms with van der Waals surface area (Å²) in [7, 11) is 0.267. The summed E-state index contributed by atoms with van der Waals surface area (Å²) >= 11 is 0. The maximum atomic E-state index is 12.9. The van der Waals surface area contributed by atoms with E-state index in [0.717, 1.165) is 10.5 Å². The van der Waals surface area contributed by atoms with Crippen molar-refractivity contribution in [1.82, 2.24) is 0 Å². The second kappa shape index (κ2) is 10.1. The Morgan fingerprint density at radius 2 is 1.41 bits per heavy atom. The van der Waals surface area contributed by atoms with Crippen LogP contribution in [0.2, 0.25) is 0 Å². The Balaban J connectivity index is 1.55. The summed E-state index contributed by atoms with van der Waals surface area (Å²) < 4.78 is 24.4. The van der Waals surface area contributed by atoms with E-state index >= 15 is 0 Å². The molecule has 1 atom stereocenters. The van der Waals surface area contributed by atoms with Crippen LogP contribution in [0.4, 0.5) is 0 Å². The van der Waals surface area contributed by atoms with Crippen LogP contribution in [-0.4, -0.2) is 17.1 Å². The lowest BCUT2D eigenvalue weighted by atomic mass is 10.0. The zero-order valence-electron chi connectivity index (χ0n) is 17.6. The molecule has 160 valence electrons. The molecule has 0 aliphatic heterocycles. The Morgan fingerprint density at radius 3 is 2.12 bits per heavy atom. The molecule has 0 amide bonds. The SMILES string of the molecule is COc1cc(S(=O)c2ccccc2)ccc1COc1ccccc1C(=O)c1ccccc1. The first-order valence-corrected chi connectivity index (χ1v) is 11.3. The van der Waals surface area contributed by atoms with Gasteiger partial charge in [0.15, 0.2) is 5.78 Å². The smallest absolute Gasteiger partial charge is 0.196 e. The van der Waals surface area contributed by atoms with Crippen molar-refractivity contribution in [2.75, 3.05) is 7.11 Å². The molecule has 0 aromatic heterocycles. The third-order valence-electron chi connectivity index (χ3n) is 4.98. The van der Waals surface area contributed by atoms with Gasteiger partial charge in [0, 0.05) is 20.9 Å². The van der Waals surface area contributed by atoms with Gasteiger partial charge >= 0.3 is 0 Å². The first kappa shape index (κ1) is 21.5. The molecule has 4 nitrogen and oxygen atoms in total. The molecule has 0 saturated carbocycles. The number of carbonyl (C=O) groups excluding carboxylic acids is 1. The zero-order valence-corrected chi connectivity index (χ0v) is 18.4. The van der Waals surface area contributed by atoms with Crippen LogP contribution in [0, 0.1) is 0 Å². The number of para-hydroxylation sites is 1. The third-order valence-corrected chi connectivity index (χ3v) is 6.36. The number of benzene rings is 4. The Labute approximate surface area is 189 Å². The van der Waals surface area contributed by atoms with Gasteiger partial charge in [-0.2, -0.15) is 0 Å². The minimum absolute atomic E-state index is 0.0956. The molecule has 1 unspecified atom stereocenters. The van der Waals surface area contributed by atoms with Crippen LogP contribution in [0.1, 0.15) is 21.5 Å². The van der Waals surface area contributed by atoms with Crippen molar-refractivity contribution in [2.24, 2.45) is 0 Å². The van der Waals surface area contributed by atoms with Crippen molar-refractivity contribution in [3.63, 3.8) is 0 Å². The summed E-state index contributed by atoms with van der Waals surface area (Å²) in [6.07, 6.45) is 0. The van der Waals surface area contributed by atoms with Crippen molar-refractivity contribution in [3.05, 3.63) is 120 Å². The van der Waals surface area contributed by atoms with E-state index in [4.69, 9.17) is 9.47 Å². The first-order chi connectivity index (χ1) is 15.7. The summed E-state index contributed by atoms with van der Waals surface area (Å²) in [5.74, 6) is 0.987. The van der Waals surface area contributed by atoms with E-state index in [9.17, 15) is 9.00 Å². The standard InChI is InChI=1S/C27H22O4S/c1-30-26-18-23(32(29)22-12-6-3-7-13-22)17-16-21(26)19-31-25-15-9-8-14-24(25)27(28)20-10-4-2-5-11-20/h2-18H,19H2,1H3. The molecule has 5 heteroatoms. The third kappa shape index (κ3) is 4.79. The average molecular weight is 443 g/mol. The van der Waals surface area contributed by atoms with Crippen LogP contribution in [0.15, 0.2) is 113 Å². The van der Waals surface area contributed by atoms with Crippen molar-refractivity contribution in [2.45, 2.75) is 16.4 Å². The predicted molar refractivity (Wildman–Crippen MR) is 125 cm³/mol. The highest BCUT2D eigenvalue weighted by Gasteiger charge is 2.16. The van der Waals surface area contributed by atoms with E-state index in [1.807, 2.05) is 72.8 Å². The van der Waals surface area contributed by atoms with Gasteiger partial charge in [-0.05, 0) is 36.4 Å². The highest BCUT2D eigenvalue weighted by Crippen LogP contribution is 2.28. The molecule has 0 aliphatic carbocycles. The van der Waals surface area contributed by atoms with Crippen LogP contribution in [0.25, 0.3) is 0 Å². The molecule has 4 aromatic rings. The molecular formula is C27H22O4S. The minimum atomic E-state index is -1.30. The van der Waals surface area contributed by atoms with Gasteiger partial charge in [-0.25, -0.2) is 4.21 Å². The van der Waals surface area contributed by atoms with Gasteiger partial charge in [0.2, 0.25) is 0 Å². The lowest BCUT2D eigenvalue weighted by molar-refractivity contribution is 0.103. The number of methoxy groups -OCH3 is 1. The highest BCUT2D eigenvalue weighted by atomic mass is 32.2. The fraction of sp³-hybridized carbons (Fsp3) is 0.0741. The van der Waals surface area contributed by atoms with Gasteiger partial charge in [0.1, 0.15) is 18.1 Å². The van der Waals surface area contributed by atoms with E-state index in [1.165, 1.54) is 0 Å². The van der Waals surface area contributed by atoms with Crippen LogP contribution < -0.4 is 9.47 Å². The summed E-state index contributed by atoms with van der Waals surface area (Å²) in [6.45, 7) is 0.209. The van der Waals surface area contributed by atoms with Crippen LogP contribution >= 0.6 is 0 Å². The molecule has 0 aliphatic rings. The summed E-state index contributed by atoms with van der Waals surface area (Å²) in [5, 5.41) is 0. The summed E-state index contributed by atoms with van der Waals surface area (Å²) in [5.41, 5.74) is 1.90. The molecule has 0 saturated heterocycles. The molecule has 0 N–H and O–H groups in total. The molecule has 4 aromatic carbocycles. The van der Waals surface area contributed by atoms with Crippen LogP contribution in [-0.2, 0) is 17.4 Å². The van der Waals surface area contributed by atoms with Gasteiger partial charge in [0.05, 0.1) is 23.5 Å². The molecule has 32 heavy (non-hydrogen) atoms. The number of rotatable bonds is 8. The Kier molecular flexibility index (Phi) is 6.78. The van der Waals surface area contributed by atoms with Crippen LogP contribution in [0.5, 0.6) is 11.5 Å². The van der Waals surface area contributed by atoms with E-state index in [1.54, 1.807) is 37.4 Å². The fourth-order valence-electron chi connectivity index (χ4n) is 3.32. The Morgan fingerprint density at radius 1 is 0.750 bits per heavy atom. The number of hydrogen-bond donors (Lipinski definition) is 0. The van der Waals surface area contributed by atoms with E-state index in [0.29, 0.717) is 27.5 Å². The molecule has 0 heterocycles. The number of ketones is 1. The summed E-state index contributed by atoms with van der Waals surface area (Å²) in [6, 6.07) is 31.0. The van der Waals surface area contributed by atoms with E-state index in [-0.39, 0.29) is 12.4 Å². The monoisotopic (exact) mass is 442 g/mol. The van der Waals surface area contributed by atoms with E-state index in [2.05, 4.69) is 0 Å². The van der Waals surface area contributed by atoms with Crippen molar-refractivity contribution in [1.29, 1.82) is 0 Å². The average Bonchev–Trinajstić information content (AvgIpc) is 2.87. The molecule has 0 bridgehead atoms. The first-order valence-electron chi connectivity index (χ1n) is 10.1. The quantitative estimate of drug-likeness (QED) is 0.330. The van der Waals surface area contributed by atoms with Gasteiger partial charge in [0.25, 0.3) is 0 Å². The van der Waals surface area contributed by atoms with Crippen molar-refractivity contribution < 1.29 is 18.5 Å².